The molecule has 15 heavy (non-hydrogen) atoms. The number of pyridine rings is 1. The maximum absolute atomic E-state index is 12.4. The molecule has 1 rings (SSSR count). The summed E-state index contributed by atoms with van der Waals surface area (Å²) >= 11 is 5.08. The molecule has 0 aromatic carbocycles. The predicted molar refractivity (Wildman–Crippen MR) is 48.8 cm³/mol. The van der Waals surface area contributed by atoms with Crippen LogP contribution in [0.1, 0.15) is 22.5 Å². The molecular formula is C8H6ClF2NO3. The summed E-state index contributed by atoms with van der Waals surface area (Å²) in [5, 5.41) is -0.953. The van der Waals surface area contributed by atoms with Gasteiger partial charge in [-0.25, -0.2) is 8.78 Å². The molecular weight excluding hydrogens is 232 g/mol. The van der Waals surface area contributed by atoms with Gasteiger partial charge in [-0.15, -0.1) is 0 Å². The Morgan fingerprint density at radius 1 is 1.60 bits per heavy atom. The SMILES string of the molecule is COc1[nH]c(C(=O)Cl)cc(=O)c1C(F)F. The van der Waals surface area contributed by atoms with Gasteiger partial charge in [0.25, 0.3) is 11.7 Å². The van der Waals surface area contributed by atoms with Crippen molar-refractivity contribution >= 4 is 16.8 Å². The van der Waals surface area contributed by atoms with Crippen molar-refractivity contribution in [1.82, 2.24) is 4.98 Å². The molecule has 0 unspecified atom stereocenters. The topological polar surface area (TPSA) is 59.2 Å². The van der Waals surface area contributed by atoms with E-state index in [0.717, 1.165) is 7.11 Å². The molecule has 0 aliphatic rings. The van der Waals surface area contributed by atoms with E-state index in [1.807, 2.05) is 0 Å². The van der Waals surface area contributed by atoms with E-state index in [1.165, 1.54) is 0 Å². The molecule has 0 saturated carbocycles. The fraction of sp³-hybridized carbons (Fsp3) is 0.250. The Hall–Kier alpha value is -1.43. The number of aromatic nitrogens is 1. The van der Waals surface area contributed by atoms with Gasteiger partial charge in [-0.05, 0) is 11.6 Å². The monoisotopic (exact) mass is 237 g/mol. The van der Waals surface area contributed by atoms with Crippen molar-refractivity contribution < 1.29 is 18.3 Å². The number of halogens is 3. The lowest BCUT2D eigenvalue weighted by Crippen LogP contribution is -2.15. The zero-order chi connectivity index (χ0) is 11.6. The van der Waals surface area contributed by atoms with Crippen LogP contribution < -0.4 is 10.2 Å². The number of hydrogen-bond acceptors (Lipinski definition) is 3. The number of aromatic amines is 1. The van der Waals surface area contributed by atoms with Crippen LogP contribution in [0.3, 0.4) is 0 Å². The van der Waals surface area contributed by atoms with E-state index < -0.39 is 28.5 Å². The minimum atomic E-state index is -2.98. The first-order valence-corrected chi connectivity index (χ1v) is 4.14. The minimum Gasteiger partial charge on any atom is -0.482 e. The fourth-order valence-electron chi connectivity index (χ4n) is 1.02. The van der Waals surface area contributed by atoms with E-state index in [2.05, 4.69) is 9.72 Å². The molecule has 0 saturated heterocycles. The van der Waals surface area contributed by atoms with Crippen molar-refractivity contribution in [3.63, 3.8) is 0 Å². The summed E-state index contributed by atoms with van der Waals surface area (Å²) in [5.41, 5.74) is -2.10. The molecule has 1 aromatic rings. The summed E-state index contributed by atoms with van der Waals surface area (Å²) in [6.07, 6.45) is -2.98. The Balaban J connectivity index is 3.44. The maximum Gasteiger partial charge on any atom is 0.272 e. The van der Waals surface area contributed by atoms with Gasteiger partial charge in [-0.2, -0.15) is 0 Å². The van der Waals surface area contributed by atoms with Crippen molar-refractivity contribution in [2.24, 2.45) is 0 Å². The van der Waals surface area contributed by atoms with Crippen LogP contribution in [0.5, 0.6) is 5.88 Å². The summed E-state index contributed by atoms with van der Waals surface area (Å²) in [4.78, 5) is 24.1. The van der Waals surface area contributed by atoms with Gasteiger partial charge in [0.15, 0.2) is 5.43 Å². The molecule has 4 nitrogen and oxygen atoms in total. The van der Waals surface area contributed by atoms with E-state index in [1.54, 1.807) is 0 Å². The Labute approximate surface area is 87.8 Å². The van der Waals surface area contributed by atoms with Crippen molar-refractivity contribution in [1.29, 1.82) is 0 Å². The fourth-order valence-corrected chi connectivity index (χ4v) is 1.12. The van der Waals surface area contributed by atoms with Gasteiger partial charge in [0.1, 0.15) is 11.3 Å². The number of carbonyl (C=O) groups is 1. The normalized spacial score (nSPS) is 10.5. The number of hydrogen-bond donors (Lipinski definition) is 1. The summed E-state index contributed by atoms with van der Waals surface area (Å²) in [6.45, 7) is 0. The summed E-state index contributed by atoms with van der Waals surface area (Å²) < 4.78 is 29.3. The minimum absolute atomic E-state index is 0.289. The quantitative estimate of drug-likeness (QED) is 0.814. The number of ether oxygens (including phenoxy) is 1. The number of rotatable bonds is 3. The number of H-pyrrole nitrogens is 1. The van der Waals surface area contributed by atoms with Gasteiger partial charge < -0.3 is 9.72 Å². The molecule has 0 atom stereocenters. The van der Waals surface area contributed by atoms with Crippen LogP contribution in [0.15, 0.2) is 10.9 Å². The zero-order valence-electron chi connectivity index (χ0n) is 7.51. The third kappa shape index (κ3) is 2.33. The van der Waals surface area contributed by atoms with Crippen LogP contribution >= 0.6 is 11.6 Å². The Morgan fingerprint density at radius 3 is 2.60 bits per heavy atom. The molecule has 0 amide bonds. The van der Waals surface area contributed by atoms with E-state index in [-0.39, 0.29) is 5.69 Å². The first-order valence-electron chi connectivity index (χ1n) is 3.76. The lowest BCUT2D eigenvalue weighted by Gasteiger charge is -2.07. The molecule has 0 fully saturated rings. The van der Waals surface area contributed by atoms with Gasteiger partial charge in [-0.1, -0.05) is 0 Å². The summed E-state index contributed by atoms with van der Waals surface area (Å²) in [5.74, 6) is -0.457. The van der Waals surface area contributed by atoms with Gasteiger partial charge in [0.05, 0.1) is 7.11 Å². The van der Waals surface area contributed by atoms with E-state index in [0.29, 0.717) is 6.07 Å². The molecule has 1 aromatic heterocycles. The van der Waals surface area contributed by atoms with Crippen LogP contribution in [0, 0.1) is 0 Å². The van der Waals surface area contributed by atoms with Gasteiger partial charge in [-0.3, -0.25) is 9.59 Å². The lowest BCUT2D eigenvalue weighted by atomic mass is 10.2. The Bertz CT molecular complexity index is 444. The molecule has 7 heteroatoms. The zero-order valence-corrected chi connectivity index (χ0v) is 8.27. The highest BCUT2D eigenvalue weighted by Crippen LogP contribution is 2.23. The molecule has 0 spiro atoms. The smallest absolute Gasteiger partial charge is 0.272 e. The van der Waals surface area contributed by atoms with Gasteiger partial charge in [0.2, 0.25) is 5.88 Å². The van der Waals surface area contributed by atoms with Gasteiger partial charge >= 0.3 is 0 Å². The standard InChI is InChI=1S/C8H6ClF2NO3/c1-15-8-5(7(10)11)4(13)2-3(12-8)6(9)14/h2,7H,1H3,(H,12,13). The maximum atomic E-state index is 12.4. The van der Waals surface area contributed by atoms with Gasteiger partial charge in [0, 0.05) is 6.07 Å². The average molecular weight is 238 g/mol. The predicted octanol–water partition coefficient (Wildman–Crippen LogP) is 1.70. The second-order valence-corrected chi connectivity index (χ2v) is 2.91. The highest BCUT2D eigenvalue weighted by molar-refractivity contribution is 6.67. The number of carbonyl (C=O) groups excluding carboxylic acids is 1. The second kappa shape index (κ2) is 4.39. The number of nitrogens with one attached hydrogen (secondary N) is 1. The van der Waals surface area contributed by atoms with Crippen molar-refractivity contribution in [3.8, 4) is 5.88 Å². The third-order valence-electron chi connectivity index (χ3n) is 1.67. The average Bonchev–Trinajstić information content (AvgIpc) is 2.15. The van der Waals surface area contributed by atoms with E-state index in [4.69, 9.17) is 11.6 Å². The van der Waals surface area contributed by atoms with Crippen molar-refractivity contribution in [3.05, 3.63) is 27.5 Å². The summed E-state index contributed by atoms with van der Waals surface area (Å²) in [7, 11) is 1.10. The second-order valence-electron chi connectivity index (χ2n) is 2.57. The highest BCUT2D eigenvalue weighted by atomic mass is 35.5. The first kappa shape index (κ1) is 11.6. The molecule has 82 valence electrons. The lowest BCUT2D eigenvalue weighted by molar-refractivity contribution is 0.107. The number of methoxy groups -OCH3 is 1. The molecule has 1 N–H and O–H groups in total. The van der Waals surface area contributed by atoms with Crippen molar-refractivity contribution in [2.75, 3.05) is 7.11 Å². The summed E-state index contributed by atoms with van der Waals surface area (Å²) in [6, 6.07) is 0.708. The Morgan fingerprint density at radius 2 is 2.20 bits per heavy atom. The molecule has 1 heterocycles. The molecule has 0 bridgehead atoms. The molecule has 0 aliphatic carbocycles. The van der Waals surface area contributed by atoms with Crippen molar-refractivity contribution in [2.45, 2.75) is 6.43 Å². The van der Waals surface area contributed by atoms with E-state index in [9.17, 15) is 18.4 Å². The van der Waals surface area contributed by atoms with E-state index >= 15 is 0 Å². The molecule has 0 aliphatic heterocycles. The largest absolute Gasteiger partial charge is 0.482 e. The van der Waals surface area contributed by atoms with Crippen LogP contribution in [-0.2, 0) is 0 Å². The van der Waals surface area contributed by atoms with Crippen LogP contribution in [0.25, 0.3) is 0 Å². The molecule has 0 radical (unpaired) electrons. The van der Waals surface area contributed by atoms with Crippen LogP contribution in [-0.4, -0.2) is 17.3 Å². The first-order chi connectivity index (χ1) is 6.97. The third-order valence-corrected chi connectivity index (χ3v) is 1.87. The van der Waals surface area contributed by atoms with Crippen LogP contribution in [0.2, 0.25) is 0 Å². The van der Waals surface area contributed by atoms with Crippen LogP contribution in [0.4, 0.5) is 8.78 Å². The highest BCUT2D eigenvalue weighted by Gasteiger charge is 2.20. The number of alkyl halides is 2. The Kier molecular flexibility index (Phi) is 3.41.